The summed E-state index contributed by atoms with van der Waals surface area (Å²) in [4.78, 5) is 24.8. The van der Waals surface area contributed by atoms with E-state index < -0.39 is 6.03 Å². The molecule has 1 aliphatic rings. The lowest BCUT2D eigenvalue weighted by atomic mass is 10.3. The van der Waals surface area contributed by atoms with Gasteiger partial charge in [-0.3, -0.25) is 10.1 Å². The molecule has 0 unspecified atom stereocenters. The Morgan fingerprint density at radius 1 is 1.38 bits per heavy atom. The van der Waals surface area contributed by atoms with Crippen molar-refractivity contribution in [3.05, 3.63) is 28.2 Å². The van der Waals surface area contributed by atoms with Gasteiger partial charge in [-0.05, 0) is 30.7 Å². The van der Waals surface area contributed by atoms with Crippen LogP contribution in [0, 0.1) is 0 Å². The molecule has 1 fully saturated rings. The van der Waals surface area contributed by atoms with Crippen LogP contribution < -0.4 is 10.6 Å². The molecule has 3 rings (SSSR count). The van der Waals surface area contributed by atoms with Gasteiger partial charge in [0.05, 0.1) is 5.75 Å². The fourth-order valence-corrected chi connectivity index (χ4v) is 4.04. The quantitative estimate of drug-likeness (QED) is 0.505. The van der Waals surface area contributed by atoms with Crippen molar-refractivity contribution in [2.75, 3.05) is 12.3 Å². The highest BCUT2D eigenvalue weighted by molar-refractivity contribution is 7.99. The number of urea groups is 1. The number of imide groups is 1. The van der Waals surface area contributed by atoms with E-state index in [4.69, 9.17) is 0 Å². The number of carbonyl (C=O) groups excluding carboxylic acids is 2. The maximum absolute atomic E-state index is 12.0. The number of nitrogens with one attached hydrogen (secondary N) is 2. The minimum absolute atomic E-state index is 0.144. The molecular weight excluding hydrogens is 370 g/mol. The van der Waals surface area contributed by atoms with Gasteiger partial charge in [-0.25, -0.2) is 4.79 Å². The summed E-state index contributed by atoms with van der Waals surface area (Å²) in [5, 5.41) is 16.4. The number of nitrogens with zero attached hydrogens (tertiary/aromatic N) is 3. The Labute approximate surface area is 161 Å². The van der Waals surface area contributed by atoms with Gasteiger partial charge in [0, 0.05) is 23.9 Å². The average molecular weight is 394 g/mol. The van der Waals surface area contributed by atoms with Crippen molar-refractivity contribution in [2.24, 2.45) is 0 Å². The third-order valence-corrected chi connectivity index (χ3v) is 5.78. The van der Waals surface area contributed by atoms with Crippen LogP contribution in [0.5, 0.6) is 0 Å². The van der Waals surface area contributed by atoms with E-state index in [9.17, 15) is 9.59 Å². The lowest BCUT2D eigenvalue weighted by Gasteiger charge is -2.08. The average Bonchev–Trinajstić information content (AvgIpc) is 3.17. The number of hydrogen-bond acceptors (Lipinski definition) is 6. The summed E-state index contributed by atoms with van der Waals surface area (Å²) in [7, 11) is 0. The van der Waals surface area contributed by atoms with Crippen molar-refractivity contribution < 1.29 is 9.59 Å². The van der Waals surface area contributed by atoms with Crippen LogP contribution in [0.25, 0.3) is 0 Å². The molecule has 1 aliphatic carbocycles. The largest absolute Gasteiger partial charge is 0.338 e. The van der Waals surface area contributed by atoms with Gasteiger partial charge in [0.1, 0.15) is 5.82 Å². The zero-order valence-electron chi connectivity index (χ0n) is 14.7. The normalized spacial score (nSPS) is 13.6. The summed E-state index contributed by atoms with van der Waals surface area (Å²) >= 11 is 3.03. The highest BCUT2D eigenvalue weighted by atomic mass is 32.2. The van der Waals surface area contributed by atoms with Crippen LogP contribution in [0.15, 0.2) is 22.7 Å². The first-order chi connectivity index (χ1) is 12.7. The Balaban J connectivity index is 1.54. The van der Waals surface area contributed by atoms with Crippen LogP contribution in [0.3, 0.4) is 0 Å². The molecule has 0 bridgehead atoms. The van der Waals surface area contributed by atoms with E-state index in [2.05, 4.69) is 36.8 Å². The van der Waals surface area contributed by atoms with Crippen LogP contribution in [-0.2, 0) is 11.2 Å². The van der Waals surface area contributed by atoms with E-state index in [1.165, 1.54) is 16.6 Å². The van der Waals surface area contributed by atoms with E-state index >= 15 is 0 Å². The number of thioether (sulfide) groups is 1. The van der Waals surface area contributed by atoms with Gasteiger partial charge in [-0.15, -0.1) is 21.5 Å². The van der Waals surface area contributed by atoms with Crippen LogP contribution in [-0.4, -0.2) is 39.0 Å². The standard InChI is InChI=1S/C17H23N5O2S2/c1-2-3-8-18-16(24)19-15(23)11-26-17-21-20-14(22(17)12-6-7-12)10-13-5-4-9-25-13/h4-5,9,12H,2-3,6-8,10-11H2,1H3,(H2,18,19,23,24). The van der Waals surface area contributed by atoms with Gasteiger partial charge in [-0.2, -0.15) is 0 Å². The smallest absolute Gasteiger partial charge is 0.321 e. The zero-order valence-corrected chi connectivity index (χ0v) is 16.4. The van der Waals surface area contributed by atoms with Crippen LogP contribution >= 0.6 is 23.1 Å². The summed E-state index contributed by atoms with van der Waals surface area (Å²) in [6.45, 7) is 2.62. The van der Waals surface area contributed by atoms with Crippen molar-refractivity contribution in [1.82, 2.24) is 25.4 Å². The molecule has 26 heavy (non-hydrogen) atoms. The van der Waals surface area contributed by atoms with E-state index in [0.717, 1.165) is 43.1 Å². The van der Waals surface area contributed by atoms with Crippen LogP contribution in [0.1, 0.15) is 49.4 Å². The summed E-state index contributed by atoms with van der Waals surface area (Å²) in [5.74, 6) is 0.759. The lowest BCUT2D eigenvalue weighted by Crippen LogP contribution is -2.40. The second-order valence-electron chi connectivity index (χ2n) is 6.20. The van der Waals surface area contributed by atoms with E-state index in [1.807, 2.05) is 13.0 Å². The SMILES string of the molecule is CCCCNC(=O)NC(=O)CSc1nnc(Cc2cccs2)n1C1CC1. The summed E-state index contributed by atoms with van der Waals surface area (Å²) in [6.07, 6.45) is 4.89. The molecule has 0 radical (unpaired) electrons. The Bertz CT molecular complexity index is 740. The topological polar surface area (TPSA) is 88.9 Å². The number of thiophene rings is 1. The Morgan fingerprint density at radius 2 is 2.23 bits per heavy atom. The van der Waals surface area contributed by atoms with Crippen molar-refractivity contribution in [2.45, 2.75) is 50.2 Å². The monoisotopic (exact) mass is 393 g/mol. The number of rotatable bonds is 9. The summed E-state index contributed by atoms with van der Waals surface area (Å²) < 4.78 is 2.15. The maximum Gasteiger partial charge on any atom is 0.321 e. The predicted octanol–water partition coefficient (Wildman–Crippen LogP) is 2.98. The maximum atomic E-state index is 12.0. The fraction of sp³-hybridized carbons (Fsp3) is 0.529. The number of hydrogen-bond donors (Lipinski definition) is 2. The molecule has 0 aromatic carbocycles. The van der Waals surface area contributed by atoms with Crippen molar-refractivity contribution >= 4 is 35.0 Å². The molecule has 2 aromatic rings. The molecule has 9 heteroatoms. The third kappa shape index (κ3) is 5.31. The predicted molar refractivity (Wildman–Crippen MR) is 103 cm³/mol. The molecule has 2 aromatic heterocycles. The van der Waals surface area contributed by atoms with Gasteiger partial charge < -0.3 is 9.88 Å². The Hall–Kier alpha value is -1.87. The van der Waals surface area contributed by atoms with Crippen molar-refractivity contribution in [1.29, 1.82) is 0 Å². The third-order valence-electron chi connectivity index (χ3n) is 3.96. The molecule has 2 heterocycles. The molecular formula is C17H23N5O2S2. The number of carbonyl (C=O) groups is 2. The molecule has 2 N–H and O–H groups in total. The van der Waals surface area contributed by atoms with Crippen LogP contribution in [0.4, 0.5) is 4.79 Å². The molecule has 7 nitrogen and oxygen atoms in total. The Morgan fingerprint density at radius 3 is 2.92 bits per heavy atom. The lowest BCUT2D eigenvalue weighted by molar-refractivity contribution is -0.117. The molecule has 140 valence electrons. The molecule has 1 saturated carbocycles. The molecule has 0 atom stereocenters. The fourth-order valence-electron chi connectivity index (χ4n) is 2.51. The first kappa shape index (κ1) is 18.9. The molecule has 0 spiro atoms. The first-order valence-electron chi connectivity index (χ1n) is 8.84. The Kier molecular flexibility index (Phi) is 6.67. The first-order valence-corrected chi connectivity index (χ1v) is 10.7. The number of amides is 3. The van der Waals surface area contributed by atoms with Gasteiger partial charge in [0.15, 0.2) is 5.16 Å². The van der Waals surface area contributed by atoms with Gasteiger partial charge in [0.25, 0.3) is 0 Å². The second-order valence-corrected chi connectivity index (χ2v) is 8.18. The molecule has 3 amide bonds. The van der Waals surface area contributed by atoms with Gasteiger partial charge in [-0.1, -0.05) is 31.2 Å². The van der Waals surface area contributed by atoms with Crippen molar-refractivity contribution in [3.63, 3.8) is 0 Å². The number of unbranched alkanes of at least 4 members (excludes halogenated alkanes) is 1. The second kappa shape index (κ2) is 9.18. The minimum Gasteiger partial charge on any atom is -0.338 e. The molecule has 0 aliphatic heterocycles. The van der Waals surface area contributed by atoms with E-state index in [1.54, 1.807) is 11.3 Å². The highest BCUT2D eigenvalue weighted by Gasteiger charge is 2.30. The zero-order chi connectivity index (χ0) is 18.4. The van der Waals surface area contributed by atoms with E-state index in [-0.39, 0.29) is 11.7 Å². The highest BCUT2D eigenvalue weighted by Crippen LogP contribution is 2.39. The van der Waals surface area contributed by atoms with Gasteiger partial charge >= 0.3 is 6.03 Å². The summed E-state index contributed by atoms with van der Waals surface area (Å²) in [6, 6.07) is 4.12. The van der Waals surface area contributed by atoms with Gasteiger partial charge in [0.2, 0.25) is 5.91 Å². The minimum atomic E-state index is -0.439. The summed E-state index contributed by atoms with van der Waals surface area (Å²) in [5.41, 5.74) is 0. The number of aromatic nitrogens is 3. The molecule has 0 saturated heterocycles. The van der Waals surface area contributed by atoms with Crippen molar-refractivity contribution in [3.8, 4) is 0 Å². The van der Waals surface area contributed by atoms with E-state index in [0.29, 0.717) is 12.6 Å². The van der Waals surface area contributed by atoms with Crippen LogP contribution in [0.2, 0.25) is 0 Å².